The largest absolute Gasteiger partial charge is 0.357 e. The van der Waals surface area contributed by atoms with Gasteiger partial charge in [0.05, 0.1) is 4.88 Å². The van der Waals surface area contributed by atoms with Crippen LogP contribution in [0.25, 0.3) is 11.1 Å². The molecule has 0 spiro atoms. The lowest BCUT2D eigenvalue weighted by Gasteiger charge is -2.29. The molecule has 6 heteroatoms. The normalized spacial score (nSPS) is 16.1. The van der Waals surface area contributed by atoms with Crippen LogP contribution in [0.15, 0.2) is 35.7 Å². The molecule has 4 nitrogen and oxygen atoms in total. The van der Waals surface area contributed by atoms with Gasteiger partial charge in [0.15, 0.2) is 0 Å². The van der Waals surface area contributed by atoms with E-state index in [0.29, 0.717) is 9.90 Å². The third-order valence-electron chi connectivity index (χ3n) is 4.94. The highest BCUT2D eigenvalue weighted by Gasteiger charge is 2.30. The molecule has 2 aromatic rings. The molecule has 1 aromatic heterocycles. The van der Waals surface area contributed by atoms with Crippen molar-refractivity contribution in [3.05, 3.63) is 45.6 Å². The van der Waals surface area contributed by atoms with Gasteiger partial charge in [-0.05, 0) is 53.5 Å². The van der Waals surface area contributed by atoms with Gasteiger partial charge < -0.3 is 10.6 Å². The molecule has 1 fully saturated rings. The van der Waals surface area contributed by atoms with Crippen LogP contribution in [0, 0.1) is 5.92 Å². The number of hydrogen-bond acceptors (Lipinski definition) is 3. The lowest BCUT2D eigenvalue weighted by molar-refractivity contribution is -0.124. The van der Waals surface area contributed by atoms with Crippen molar-refractivity contribution in [3.8, 4) is 11.1 Å². The van der Waals surface area contributed by atoms with Gasteiger partial charge in [0, 0.05) is 12.1 Å². The molecule has 0 bridgehead atoms. The van der Waals surface area contributed by atoms with E-state index < -0.39 is 6.04 Å². The summed E-state index contributed by atoms with van der Waals surface area (Å²) in [5.41, 5.74) is 1.99. The average molecular weight is 391 g/mol. The topological polar surface area (TPSA) is 58.2 Å². The highest BCUT2D eigenvalue weighted by molar-refractivity contribution is 7.12. The molecule has 0 saturated heterocycles. The predicted molar refractivity (Wildman–Crippen MR) is 107 cm³/mol. The first-order valence-electron chi connectivity index (χ1n) is 8.95. The van der Waals surface area contributed by atoms with E-state index in [4.69, 9.17) is 11.6 Å². The number of carbonyl (C=O) groups excluding carboxylic acids is 2. The molecule has 138 valence electrons. The van der Waals surface area contributed by atoms with E-state index in [1.165, 1.54) is 17.8 Å². The molecular formula is C20H23ClN2O2S. The summed E-state index contributed by atoms with van der Waals surface area (Å²) >= 11 is 7.32. The van der Waals surface area contributed by atoms with Gasteiger partial charge in [-0.15, -0.1) is 11.3 Å². The van der Waals surface area contributed by atoms with Crippen LogP contribution >= 0.6 is 22.9 Å². The number of likely N-dealkylation sites (N-methyl/N-ethyl adjacent to an activating group) is 1. The summed E-state index contributed by atoms with van der Waals surface area (Å²) in [4.78, 5) is 25.6. The van der Waals surface area contributed by atoms with E-state index in [0.717, 1.165) is 36.8 Å². The van der Waals surface area contributed by atoms with Crippen molar-refractivity contribution in [2.75, 3.05) is 7.05 Å². The Hall–Kier alpha value is -1.85. The van der Waals surface area contributed by atoms with Crippen molar-refractivity contribution < 1.29 is 9.59 Å². The molecule has 1 aliphatic carbocycles. The number of benzene rings is 1. The Morgan fingerprint density at radius 1 is 1.12 bits per heavy atom. The first-order valence-corrected chi connectivity index (χ1v) is 10.2. The van der Waals surface area contributed by atoms with Crippen LogP contribution < -0.4 is 10.6 Å². The van der Waals surface area contributed by atoms with Crippen LogP contribution in [-0.4, -0.2) is 24.9 Å². The molecule has 1 aliphatic rings. The first kappa shape index (κ1) is 18.9. The summed E-state index contributed by atoms with van der Waals surface area (Å²) in [7, 11) is 1.62. The lowest BCUT2D eigenvalue weighted by Crippen LogP contribution is -2.50. The van der Waals surface area contributed by atoms with Gasteiger partial charge in [-0.1, -0.05) is 43.0 Å². The second kappa shape index (κ2) is 8.69. The fourth-order valence-corrected chi connectivity index (χ4v) is 4.43. The van der Waals surface area contributed by atoms with Gasteiger partial charge in [-0.25, -0.2) is 0 Å². The van der Waals surface area contributed by atoms with E-state index in [9.17, 15) is 9.59 Å². The highest BCUT2D eigenvalue weighted by atomic mass is 35.5. The van der Waals surface area contributed by atoms with Crippen LogP contribution in [0.3, 0.4) is 0 Å². The van der Waals surface area contributed by atoms with Crippen molar-refractivity contribution >= 4 is 34.8 Å². The highest BCUT2D eigenvalue weighted by Crippen LogP contribution is 2.29. The molecular weight excluding hydrogens is 368 g/mol. The lowest BCUT2D eigenvalue weighted by atomic mass is 9.83. The number of hydrogen-bond donors (Lipinski definition) is 2. The number of rotatable bonds is 5. The second-order valence-electron chi connectivity index (χ2n) is 6.67. The number of carbonyl (C=O) groups is 2. The first-order chi connectivity index (χ1) is 12.6. The van der Waals surface area contributed by atoms with E-state index in [-0.39, 0.29) is 17.7 Å². The average Bonchev–Trinajstić information content (AvgIpc) is 3.17. The minimum Gasteiger partial charge on any atom is -0.357 e. The van der Waals surface area contributed by atoms with Crippen molar-refractivity contribution in [1.82, 2.24) is 10.6 Å². The molecule has 2 N–H and O–H groups in total. The molecule has 1 aromatic carbocycles. The van der Waals surface area contributed by atoms with Crippen LogP contribution in [0.1, 0.15) is 41.8 Å². The summed E-state index contributed by atoms with van der Waals surface area (Å²) < 4.78 is 0. The number of thiophene rings is 1. The molecule has 0 unspecified atom stereocenters. The maximum absolute atomic E-state index is 12.7. The van der Waals surface area contributed by atoms with Crippen LogP contribution in [0.2, 0.25) is 5.02 Å². The quantitative estimate of drug-likeness (QED) is 0.790. The van der Waals surface area contributed by atoms with Gasteiger partial charge >= 0.3 is 0 Å². The van der Waals surface area contributed by atoms with Gasteiger partial charge in [0.25, 0.3) is 5.91 Å². The Kier molecular flexibility index (Phi) is 6.33. The maximum atomic E-state index is 12.7. The van der Waals surface area contributed by atoms with Gasteiger partial charge in [-0.2, -0.15) is 0 Å². The van der Waals surface area contributed by atoms with Crippen molar-refractivity contribution in [2.45, 2.75) is 38.1 Å². The van der Waals surface area contributed by atoms with Crippen LogP contribution in [0.5, 0.6) is 0 Å². The molecule has 3 rings (SSSR count). The van der Waals surface area contributed by atoms with Gasteiger partial charge in [0.1, 0.15) is 6.04 Å². The zero-order chi connectivity index (χ0) is 18.5. The molecule has 1 saturated carbocycles. The van der Waals surface area contributed by atoms with Crippen molar-refractivity contribution in [2.24, 2.45) is 5.92 Å². The summed E-state index contributed by atoms with van der Waals surface area (Å²) in [6, 6.07) is 8.93. The summed E-state index contributed by atoms with van der Waals surface area (Å²) in [6.07, 6.45) is 5.42. The Balaban J connectivity index is 1.73. The molecule has 26 heavy (non-hydrogen) atoms. The fraction of sp³-hybridized carbons (Fsp3) is 0.400. The second-order valence-corrected chi connectivity index (χ2v) is 8.02. The molecule has 0 radical (unpaired) electrons. The standard InChI is InChI=1S/C20H23ClN2O2S/c1-22-20(25)18(14-5-3-2-4-6-14)23-19(24)17-11-15(12-26-17)13-7-9-16(21)10-8-13/h7-12,14,18H,2-6H2,1H3,(H,22,25)(H,23,24)/t18-/m0/s1. The van der Waals surface area contributed by atoms with E-state index >= 15 is 0 Å². The van der Waals surface area contributed by atoms with E-state index in [2.05, 4.69) is 10.6 Å². The Morgan fingerprint density at radius 2 is 1.81 bits per heavy atom. The summed E-state index contributed by atoms with van der Waals surface area (Å²) in [5, 5.41) is 8.29. The van der Waals surface area contributed by atoms with Crippen molar-refractivity contribution in [1.29, 1.82) is 0 Å². The van der Waals surface area contributed by atoms with E-state index in [1.54, 1.807) is 7.05 Å². The smallest absolute Gasteiger partial charge is 0.262 e. The minimum atomic E-state index is -0.464. The third-order valence-corrected chi connectivity index (χ3v) is 6.12. The van der Waals surface area contributed by atoms with Gasteiger partial charge in [-0.3, -0.25) is 9.59 Å². The summed E-state index contributed by atoms with van der Waals surface area (Å²) in [6.45, 7) is 0. The van der Waals surface area contributed by atoms with Crippen molar-refractivity contribution in [3.63, 3.8) is 0 Å². The number of nitrogens with one attached hydrogen (secondary N) is 2. The molecule has 1 atom stereocenters. The number of amides is 2. The minimum absolute atomic E-state index is 0.111. The van der Waals surface area contributed by atoms with Crippen LogP contribution in [-0.2, 0) is 4.79 Å². The fourth-order valence-electron chi connectivity index (χ4n) is 3.48. The van der Waals surface area contributed by atoms with Gasteiger partial charge in [0.2, 0.25) is 5.91 Å². The predicted octanol–water partition coefficient (Wildman–Crippen LogP) is 4.49. The Morgan fingerprint density at radius 3 is 2.46 bits per heavy atom. The Bertz CT molecular complexity index is 766. The zero-order valence-electron chi connectivity index (χ0n) is 14.8. The molecule has 2 amide bonds. The number of halogens is 1. The summed E-state index contributed by atoms with van der Waals surface area (Å²) in [5.74, 6) is -0.0857. The van der Waals surface area contributed by atoms with Crippen LogP contribution in [0.4, 0.5) is 0 Å². The monoisotopic (exact) mass is 390 g/mol. The maximum Gasteiger partial charge on any atom is 0.262 e. The SMILES string of the molecule is CNC(=O)[C@@H](NC(=O)c1cc(-c2ccc(Cl)cc2)cs1)C1CCCCC1. The zero-order valence-corrected chi connectivity index (χ0v) is 16.3. The molecule has 1 heterocycles. The third kappa shape index (κ3) is 4.46. The van der Waals surface area contributed by atoms with E-state index in [1.807, 2.05) is 35.7 Å². The Labute approximate surface area is 162 Å². The molecule has 0 aliphatic heterocycles.